The van der Waals surface area contributed by atoms with Crippen molar-refractivity contribution in [1.29, 1.82) is 0 Å². The van der Waals surface area contributed by atoms with E-state index in [1.54, 1.807) is 0 Å². The van der Waals surface area contributed by atoms with Crippen LogP contribution in [0.25, 0.3) is 0 Å². The van der Waals surface area contributed by atoms with E-state index in [0.717, 1.165) is 18.4 Å². The number of aliphatic hydroxyl groups excluding tert-OH is 1. The van der Waals surface area contributed by atoms with Crippen molar-refractivity contribution in [1.82, 2.24) is 0 Å². The van der Waals surface area contributed by atoms with Gasteiger partial charge in [0.15, 0.2) is 0 Å². The van der Waals surface area contributed by atoms with Gasteiger partial charge in [-0.3, -0.25) is 0 Å². The Kier molecular flexibility index (Phi) is 7.33. The van der Waals surface area contributed by atoms with Crippen LogP contribution in [0.15, 0.2) is 24.3 Å². The van der Waals surface area contributed by atoms with Crippen LogP contribution in [-0.4, -0.2) is 17.8 Å². The fraction of sp³-hybridized carbons (Fsp3) is 0.600. The molecular formula is C15H24ClNO. The second-order valence-corrected chi connectivity index (χ2v) is 5.19. The molecule has 0 saturated heterocycles. The lowest BCUT2D eigenvalue weighted by atomic mass is 9.90. The van der Waals surface area contributed by atoms with Crippen molar-refractivity contribution >= 4 is 11.6 Å². The number of rotatable bonds is 8. The van der Waals surface area contributed by atoms with E-state index in [1.165, 1.54) is 19.3 Å². The second kappa shape index (κ2) is 8.52. The Morgan fingerprint density at radius 3 is 2.56 bits per heavy atom. The molecule has 0 aliphatic carbocycles. The van der Waals surface area contributed by atoms with E-state index in [0.29, 0.717) is 11.6 Å². The van der Waals surface area contributed by atoms with Crippen LogP contribution in [0, 0.1) is 0 Å². The Labute approximate surface area is 115 Å². The van der Waals surface area contributed by atoms with Gasteiger partial charge in [-0.05, 0) is 18.1 Å². The lowest BCUT2D eigenvalue weighted by Gasteiger charge is -2.22. The molecule has 0 bridgehead atoms. The molecule has 1 aromatic carbocycles. The third kappa shape index (κ3) is 4.60. The highest BCUT2D eigenvalue weighted by Gasteiger charge is 2.21. The molecule has 0 amide bonds. The zero-order valence-corrected chi connectivity index (χ0v) is 11.9. The van der Waals surface area contributed by atoms with Crippen molar-refractivity contribution in [2.24, 2.45) is 5.73 Å². The van der Waals surface area contributed by atoms with Crippen molar-refractivity contribution in [3.63, 3.8) is 0 Å². The second-order valence-electron chi connectivity index (χ2n) is 4.78. The first-order valence-corrected chi connectivity index (χ1v) is 7.21. The first-order chi connectivity index (χ1) is 8.70. The molecule has 102 valence electrons. The highest BCUT2D eigenvalue weighted by atomic mass is 35.5. The summed E-state index contributed by atoms with van der Waals surface area (Å²) in [6, 6.07) is 7.64. The van der Waals surface area contributed by atoms with E-state index in [-0.39, 0.29) is 5.92 Å². The minimum absolute atomic E-state index is 0.0553. The van der Waals surface area contributed by atoms with Crippen LogP contribution in [0.2, 0.25) is 5.02 Å². The lowest BCUT2D eigenvalue weighted by molar-refractivity contribution is 0.132. The molecule has 0 fully saturated rings. The summed E-state index contributed by atoms with van der Waals surface area (Å²) in [6.07, 6.45) is 5.07. The molecule has 2 nitrogen and oxygen atoms in total. The summed E-state index contributed by atoms with van der Waals surface area (Å²) in [6.45, 7) is 2.61. The molecule has 0 heterocycles. The molecule has 0 aliphatic rings. The molecule has 3 heteroatoms. The molecule has 0 aromatic heterocycles. The highest BCUT2D eigenvalue weighted by Crippen LogP contribution is 2.28. The number of unbranched alkanes of at least 4 members (excludes halogenated alkanes) is 3. The van der Waals surface area contributed by atoms with Crippen LogP contribution in [0.4, 0.5) is 0 Å². The Balaban J connectivity index is 2.57. The van der Waals surface area contributed by atoms with E-state index < -0.39 is 6.10 Å². The monoisotopic (exact) mass is 269 g/mol. The number of nitrogens with two attached hydrogens (primary N) is 1. The van der Waals surface area contributed by atoms with Gasteiger partial charge >= 0.3 is 0 Å². The van der Waals surface area contributed by atoms with Gasteiger partial charge < -0.3 is 10.8 Å². The van der Waals surface area contributed by atoms with Gasteiger partial charge in [-0.1, -0.05) is 62.4 Å². The van der Waals surface area contributed by atoms with Crippen LogP contribution in [0.3, 0.4) is 0 Å². The van der Waals surface area contributed by atoms with Gasteiger partial charge in [0.25, 0.3) is 0 Å². The minimum atomic E-state index is -0.397. The van der Waals surface area contributed by atoms with Gasteiger partial charge in [0.1, 0.15) is 0 Å². The largest absolute Gasteiger partial charge is 0.392 e. The van der Waals surface area contributed by atoms with Crippen molar-refractivity contribution in [3.05, 3.63) is 34.9 Å². The SMILES string of the molecule is CCCCCCC(O)C(CN)c1ccccc1Cl. The zero-order valence-electron chi connectivity index (χ0n) is 11.1. The summed E-state index contributed by atoms with van der Waals surface area (Å²) in [5, 5.41) is 10.9. The average molecular weight is 270 g/mol. The molecule has 0 saturated carbocycles. The molecular weight excluding hydrogens is 246 g/mol. The van der Waals surface area contributed by atoms with Crippen LogP contribution < -0.4 is 5.73 Å². The molecule has 0 spiro atoms. The normalized spacial score (nSPS) is 14.4. The number of hydrogen-bond acceptors (Lipinski definition) is 2. The Morgan fingerprint density at radius 1 is 1.22 bits per heavy atom. The quantitative estimate of drug-likeness (QED) is 0.707. The predicted octanol–water partition coefficient (Wildman–Crippen LogP) is 3.71. The first kappa shape index (κ1) is 15.5. The van der Waals surface area contributed by atoms with Crippen molar-refractivity contribution in [2.45, 2.75) is 51.0 Å². The van der Waals surface area contributed by atoms with Crippen LogP contribution in [0.5, 0.6) is 0 Å². The maximum atomic E-state index is 10.2. The van der Waals surface area contributed by atoms with E-state index in [4.69, 9.17) is 17.3 Å². The molecule has 18 heavy (non-hydrogen) atoms. The van der Waals surface area contributed by atoms with E-state index in [2.05, 4.69) is 6.92 Å². The number of halogens is 1. The number of aliphatic hydroxyl groups is 1. The maximum Gasteiger partial charge on any atom is 0.0621 e. The van der Waals surface area contributed by atoms with Gasteiger partial charge in [0.2, 0.25) is 0 Å². The molecule has 0 aliphatic heterocycles. The van der Waals surface area contributed by atoms with Crippen LogP contribution in [-0.2, 0) is 0 Å². The Bertz CT molecular complexity index is 343. The summed E-state index contributed by atoms with van der Waals surface area (Å²) in [7, 11) is 0. The third-order valence-electron chi connectivity index (χ3n) is 3.38. The number of benzene rings is 1. The van der Waals surface area contributed by atoms with Crippen molar-refractivity contribution < 1.29 is 5.11 Å². The fourth-order valence-corrected chi connectivity index (χ4v) is 2.52. The predicted molar refractivity (Wildman–Crippen MR) is 78.0 cm³/mol. The van der Waals surface area contributed by atoms with E-state index in [1.807, 2.05) is 24.3 Å². The van der Waals surface area contributed by atoms with Crippen LogP contribution in [0.1, 0.15) is 50.5 Å². The molecule has 1 aromatic rings. The Hall–Kier alpha value is -0.570. The molecule has 2 unspecified atom stereocenters. The minimum Gasteiger partial charge on any atom is -0.392 e. The molecule has 3 N–H and O–H groups in total. The van der Waals surface area contributed by atoms with E-state index in [9.17, 15) is 5.11 Å². The Morgan fingerprint density at radius 2 is 1.94 bits per heavy atom. The zero-order chi connectivity index (χ0) is 13.4. The van der Waals surface area contributed by atoms with Crippen LogP contribution >= 0.6 is 11.6 Å². The molecule has 1 rings (SSSR count). The summed E-state index contributed by atoms with van der Waals surface area (Å²) in [5.41, 5.74) is 6.75. The molecule has 2 atom stereocenters. The van der Waals surface area contributed by atoms with Gasteiger partial charge in [-0.15, -0.1) is 0 Å². The fourth-order valence-electron chi connectivity index (χ4n) is 2.25. The lowest BCUT2D eigenvalue weighted by Crippen LogP contribution is -2.26. The number of hydrogen-bond donors (Lipinski definition) is 2. The first-order valence-electron chi connectivity index (χ1n) is 6.83. The summed E-state index contributed by atoms with van der Waals surface area (Å²) >= 11 is 6.16. The topological polar surface area (TPSA) is 46.2 Å². The van der Waals surface area contributed by atoms with Crippen molar-refractivity contribution in [3.8, 4) is 0 Å². The van der Waals surface area contributed by atoms with Crippen molar-refractivity contribution in [2.75, 3.05) is 6.54 Å². The van der Waals surface area contributed by atoms with Gasteiger partial charge in [-0.25, -0.2) is 0 Å². The summed E-state index contributed by atoms with van der Waals surface area (Å²) < 4.78 is 0. The third-order valence-corrected chi connectivity index (χ3v) is 3.72. The van der Waals surface area contributed by atoms with Gasteiger partial charge in [-0.2, -0.15) is 0 Å². The van der Waals surface area contributed by atoms with Gasteiger partial charge in [0.05, 0.1) is 6.10 Å². The average Bonchev–Trinajstić information content (AvgIpc) is 2.38. The summed E-state index contributed by atoms with van der Waals surface area (Å²) in [5.74, 6) is -0.0553. The summed E-state index contributed by atoms with van der Waals surface area (Å²) in [4.78, 5) is 0. The maximum absolute atomic E-state index is 10.2. The van der Waals surface area contributed by atoms with Gasteiger partial charge in [0, 0.05) is 17.5 Å². The standard InChI is InChI=1S/C15H24ClNO/c1-2-3-4-5-10-15(18)13(11-17)12-8-6-7-9-14(12)16/h6-9,13,15,18H,2-5,10-11,17H2,1H3. The molecule has 0 radical (unpaired) electrons. The van der Waals surface area contributed by atoms with E-state index >= 15 is 0 Å². The smallest absolute Gasteiger partial charge is 0.0621 e. The highest BCUT2D eigenvalue weighted by molar-refractivity contribution is 6.31.